The summed E-state index contributed by atoms with van der Waals surface area (Å²) in [6, 6.07) is 0. The van der Waals surface area contributed by atoms with Crippen LogP contribution in [0.25, 0.3) is 0 Å². The van der Waals surface area contributed by atoms with Crippen molar-refractivity contribution >= 4 is 5.97 Å². The van der Waals surface area contributed by atoms with E-state index in [2.05, 4.69) is 0 Å². The molecular weight excluding hydrogens is 135 g/mol. The first-order chi connectivity index (χ1) is 4.50. The van der Waals surface area contributed by atoms with Crippen molar-refractivity contribution in [2.45, 2.75) is 25.9 Å². The van der Waals surface area contributed by atoms with E-state index in [1.165, 1.54) is 6.08 Å². The van der Waals surface area contributed by atoms with Crippen molar-refractivity contribution in [3.63, 3.8) is 0 Å². The van der Waals surface area contributed by atoms with Gasteiger partial charge >= 0.3 is 5.97 Å². The second kappa shape index (κ2) is 3.34. The highest BCUT2D eigenvalue weighted by Crippen LogP contribution is 2.15. The number of hydrogen-bond acceptors (Lipinski definition) is 1. The molecule has 0 radical (unpaired) electrons. The van der Waals surface area contributed by atoms with Crippen LogP contribution in [-0.4, -0.2) is 16.7 Å². The summed E-state index contributed by atoms with van der Waals surface area (Å²) in [4.78, 5) is 10.1. The van der Waals surface area contributed by atoms with Gasteiger partial charge in [0.25, 0.3) is 0 Å². The van der Waals surface area contributed by atoms with Crippen LogP contribution < -0.4 is 0 Å². The first kappa shape index (κ1) is 9.14. The van der Waals surface area contributed by atoms with E-state index in [4.69, 9.17) is 5.11 Å². The van der Waals surface area contributed by atoms with Gasteiger partial charge in [-0.05, 0) is 13.8 Å². The molecule has 0 aliphatic heterocycles. The van der Waals surface area contributed by atoms with Gasteiger partial charge in [0, 0.05) is 6.42 Å². The quantitative estimate of drug-likeness (QED) is 0.616. The van der Waals surface area contributed by atoms with E-state index in [1.807, 2.05) is 0 Å². The van der Waals surface area contributed by atoms with Gasteiger partial charge in [-0.25, -0.2) is 9.18 Å². The average Bonchev–Trinajstić information content (AvgIpc) is 1.84. The zero-order valence-electron chi connectivity index (χ0n) is 6.10. The van der Waals surface area contributed by atoms with Gasteiger partial charge in [0.2, 0.25) is 5.67 Å². The molecule has 0 rings (SSSR count). The molecule has 0 aliphatic carbocycles. The number of allylic oxidation sites excluding steroid dienone is 2. The number of aliphatic carboxylic acids is 1. The van der Waals surface area contributed by atoms with Crippen LogP contribution in [0.1, 0.15) is 20.3 Å². The summed E-state index contributed by atoms with van der Waals surface area (Å²) >= 11 is 0. The monoisotopic (exact) mass is 146 g/mol. The Morgan fingerprint density at radius 2 is 2.30 bits per heavy atom. The first-order valence-corrected chi connectivity index (χ1v) is 3.04. The third-order valence-corrected chi connectivity index (χ3v) is 1.18. The lowest BCUT2D eigenvalue weighted by atomic mass is 10.1. The first-order valence-electron chi connectivity index (χ1n) is 3.04. The van der Waals surface area contributed by atoms with Crippen LogP contribution in [-0.2, 0) is 4.79 Å². The largest absolute Gasteiger partial charge is 0.479 e. The van der Waals surface area contributed by atoms with Crippen molar-refractivity contribution in [1.82, 2.24) is 0 Å². The van der Waals surface area contributed by atoms with Gasteiger partial charge in [-0.15, -0.1) is 0 Å². The van der Waals surface area contributed by atoms with Gasteiger partial charge in [-0.2, -0.15) is 0 Å². The van der Waals surface area contributed by atoms with Crippen LogP contribution in [0, 0.1) is 0 Å². The minimum atomic E-state index is -2.12. The molecule has 1 N–H and O–H groups in total. The van der Waals surface area contributed by atoms with Crippen molar-refractivity contribution in [3.05, 3.63) is 12.2 Å². The fourth-order valence-corrected chi connectivity index (χ4v) is 0.426. The number of hydrogen-bond donors (Lipinski definition) is 1. The molecule has 0 heterocycles. The Labute approximate surface area is 59.4 Å². The molecule has 2 nitrogen and oxygen atoms in total. The van der Waals surface area contributed by atoms with Crippen LogP contribution in [0.5, 0.6) is 0 Å². The summed E-state index contributed by atoms with van der Waals surface area (Å²) < 4.78 is 12.7. The van der Waals surface area contributed by atoms with Crippen LogP contribution in [0.3, 0.4) is 0 Å². The van der Waals surface area contributed by atoms with Gasteiger partial charge in [-0.1, -0.05) is 12.2 Å². The molecule has 0 aromatic rings. The van der Waals surface area contributed by atoms with Gasteiger partial charge in [0.05, 0.1) is 0 Å². The van der Waals surface area contributed by atoms with Crippen molar-refractivity contribution in [2.24, 2.45) is 0 Å². The van der Waals surface area contributed by atoms with E-state index in [1.54, 1.807) is 13.0 Å². The second-order valence-corrected chi connectivity index (χ2v) is 2.28. The fraction of sp³-hybridized carbons (Fsp3) is 0.571. The van der Waals surface area contributed by atoms with Gasteiger partial charge in [0.15, 0.2) is 0 Å². The third kappa shape index (κ3) is 2.62. The predicted molar refractivity (Wildman–Crippen MR) is 36.6 cm³/mol. The topological polar surface area (TPSA) is 37.3 Å². The van der Waals surface area contributed by atoms with E-state index in [0.29, 0.717) is 0 Å². The summed E-state index contributed by atoms with van der Waals surface area (Å²) in [7, 11) is 0. The molecule has 0 aromatic carbocycles. The number of halogens is 1. The Bertz CT molecular complexity index is 150. The molecule has 0 spiro atoms. The molecule has 0 aromatic heterocycles. The van der Waals surface area contributed by atoms with Crippen LogP contribution in [0.15, 0.2) is 12.2 Å². The second-order valence-electron chi connectivity index (χ2n) is 2.28. The molecule has 0 amide bonds. The summed E-state index contributed by atoms with van der Waals surface area (Å²) in [5.41, 5.74) is -2.12. The van der Waals surface area contributed by atoms with Crippen LogP contribution >= 0.6 is 0 Å². The van der Waals surface area contributed by atoms with E-state index in [0.717, 1.165) is 6.92 Å². The molecule has 58 valence electrons. The third-order valence-electron chi connectivity index (χ3n) is 1.18. The highest BCUT2D eigenvalue weighted by molar-refractivity contribution is 5.76. The minimum absolute atomic E-state index is 0.0706. The van der Waals surface area contributed by atoms with Crippen molar-refractivity contribution in [2.75, 3.05) is 0 Å². The SMILES string of the molecule is C/C=C/C[C@@](C)(F)C(=O)O. The van der Waals surface area contributed by atoms with Crippen LogP contribution in [0.2, 0.25) is 0 Å². The molecule has 1 atom stereocenters. The Balaban J connectivity index is 3.99. The molecule has 0 fully saturated rings. The average molecular weight is 146 g/mol. The number of carbonyl (C=O) groups is 1. The van der Waals surface area contributed by atoms with Crippen molar-refractivity contribution in [1.29, 1.82) is 0 Å². The molecular formula is C7H11FO2. The standard InChI is InChI=1S/C7H11FO2/c1-3-4-5-7(2,8)6(9)10/h3-4H,5H2,1-2H3,(H,9,10)/b4-3+/t7-/m1/s1. The molecule has 0 bridgehead atoms. The Morgan fingerprint density at radius 1 is 1.80 bits per heavy atom. The maximum absolute atomic E-state index is 12.7. The summed E-state index contributed by atoms with van der Waals surface area (Å²) in [5.74, 6) is -1.41. The van der Waals surface area contributed by atoms with E-state index in [9.17, 15) is 9.18 Å². The molecule has 0 saturated heterocycles. The highest BCUT2D eigenvalue weighted by Gasteiger charge is 2.30. The Hall–Kier alpha value is -0.860. The lowest BCUT2D eigenvalue weighted by Crippen LogP contribution is -2.28. The van der Waals surface area contributed by atoms with E-state index in [-0.39, 0.29) is 6.42 Å². The predicted octanol–water partition coefficient (Wildman–Crippen LogP) is 1.77. The van der Waals surface area contributed by atoms with E-state index < -0.39 is 11.6 Å². The van der Waals surface area contributed by atoms with Gasteiger partial charge < -0.3 is 5.11 Å². The fourth-order valence-electron chi connectivity index (χ4n) is 0.426. The zero-order valence-corrected chi connectivity index (χ0v) is 6.10. The van der Waals surface area contributed by atoms with Gasteiger partial charge in [-0.3, -0.25) is 0 Å². The lowest BCUT2D eigenvalue weighted by Gasteiger charge is -2.10. The lowest BCUT2D eigenvalue weighted by molar-refractivity contribution is -0.149. The number of rotatable bonds is 3. The minimum Gasteiger partial charge on any atom is -0.479 e. The summed E-state index contributed by atoms with van der Waals surface area (Å²) in [5, 5.41) is 8.26. The molecule has 0 unspecified atom stereocenters. The molecule has 0 aliphatic rings. The molecule has 10 heavy (non-hydrogen) atoms. The maximum Gasteiger partial charge on any atom is 0.341 e. The Morgan fingerprint density at radius 3 is 2.60 bits per heavy atom. The molecule has 0 saturated carbocycles. The van der Waals surface area contributed by atoms with Crippen molar-refractivity contribution < 1.29 is 14.3 Å². The highest BCUT2D eigenvalue weighted by atomic mass is 19.1. The normalized spacial score (nSPS) is 17.1. The zero-order chi connectivity index (χ0) is 8.20. The maximum atomic E-state index is 12.7. The Kier molecular flexibility index (Phi) is 3.06. The number of carboxylic acid groups (broad SMARTS) is 1. The number of carboxylic acids is 1. The van der Waals surface area contributed by atoms with Crippen LogP contribution in [0.4, 0.5) is 4.39 Å². The smallest absolute Gasteiger partial charge is 0.341 e. The number of alkyl halides is 1. The van der Waals surface area contributed by atoms with Crippen molar-refractivity contribution in [3.8, 4) is 0 Å². The summed E-state index contributed by atoms with van der Waals surface area (Å²) in [6.45, 7) is 2.77. The molecule has 3 heteroatoms. The van der Waals surface area contributed by atoms with Gasteiger partial charge in [0.1, 0.15) is 0 Å². The summed E-state index contributed by atoms with van der Waals surface area (Å²) in [6.07, 6.45) is 3.05. The van der Waals surface area contributed by atoms with E-state index >= 15 is 0 Å².